The van der Waals surface area contributed by atoms with Crippen LogP contribution in [-0.4, -0.2) is 66.5 Å². The number of carbonyl (C=O) groups excluding carboxylic acids is 3. The maximum atomic E-state index is 13.0. The molecule has 12 heteroatoms. The highest BCUT2D eigenvalue weighted by Crippen LogP contribution is 2.43. The van der Waals surface area contributed by atoms with Crippen LogP contribution in [0.4, 0.5) is 0 Å². The highest BCUT2D eigenvalue weighted by molar-refractivity contribution is 7.47. The second kappa shape index (κ2) is 61.0. The molecule has 3 atom stereocenters. The average Bonchev–Trinajstić information content (AvgIpc) is 3.45. The number of phosphoric ester groups is 1. The van der Waals surface area contributed by atoms with Gasteiger partial charge in [-0.25, -0.2) is 4.57 Å². The van der Waals surface area contributed by atoms with Crippen LogP contribution in [0, 0.1) is 0 Å². The molecule has 0 aromatic rings. The third-order valence-corrected chi connectivity index (χ3v) is 13.8. The third kappa shape index (κ3) is 58.5. The molecule has 80 heavy (non-hydrogen) atoms. The summed E-state index contributed by atoms with van der Waals surface area (Å²) in [4.78, 5) is 48.7. The largest absolute Gasteiger partial charge is 0.472 e. The Morgan fingerprint density at radius 1 is 0.362 bits per heavy atom. The zero-order valence-corrected chi connectivity index (χ0v) is 51.4. The van der Waals surface area contributed by atoms with E-state index in [0.29, 0.717) is 25.7 Å². The summed E-state index contributed by atoms with van der Waals surface area (Å²) >= 11 is 0. The third-order valence-electron chi connectivity index (χ3n) is 12.8. The van der Waals surface area contributed by atoms with E-state index in [1.807, 2.05) is 12.2 Å². The lowest BCUT2D eigenvalue weighted by Crippen LogP contribution is -2.30. The smallest absolute Gasteiger partial charge is 0.462 e. The Morgan fingerprint density at radius 3 is 1.06 bits per heavy atom. The molecule has 0 rings (SSSR count). The monoisotopic (exact) mass is 1140 g/mol. The normalized spacial score (nSPS) is 14.1. The molecule has 0 saturated heterocycles. The van der Waals surface area contributed by atoms with Crippen molar-refractivity contribution in [3.63, 3.8) is 0 Å². The van der Waals surface area contributed by atoms with Crippen LogP contribution in [0.25, 0.3) is 0 Å². The van der Waals surface area contributed by atoms with Crippen molar-refractivity contribution in [3.8, 4) is 0 Å². The summed E-state index contributed by atoms with van der Waals surface area (Å²) in [5, 5.41) is 9.84. The van der Waals surface area contributed by atoms with E-state index in [4.69, 9.17) is 23.3 Å². The molecular formula is C68H113O11P. The lowest BCUT2D eigenvalue weighted by molar-refractivity contribution is -0.161. The first-order chi connectivity index (χ1) is 39.2. The Labute approximate surface area is 487 Å². The Morgan fingerprint density at radius 2 is 0.662 bits per heavy atom. The molecule has 0 bridgehead atoms. The molecular weight excluding hydrogens is 1020 g/mol. The number of rotatable bonds is 57. The minimum Gasteiger partial charge on any atom is -0.462 e. The molecule has 456 valence electrons. The van der Waals surface area contributed by atoms with Gasteiger partial charge in [0, 0.05) is 19.3 Å². The first kappa shape index (κ1) is 75.9. The number of allylic oxidation sites excluding steroid dienone is 20. The number of hydrogen-bond acceptors (Lipinski definition) is 10. The van der Waals surface area contributed by atoms with Crippen molar-refractivity contribution in [1.29, 1.82) is 0 Å². The average molecular weight is 1140 g/mol. The lowest BCUT2D eigenvalue weighted by Gasteiger charge is -2.21. The molecule has 0 aliphatic heterocycles. The molecule has 0 aromatic heterocycles. The second-order valence-corrected chi connectivity index (χ2v) is 21.9. The number of aliphatic hydroxyl groups excluding tert-OH is 1. The number of hydrogen-bond donors (Lipinski definition) is 2. The maximum absolute atomic E-state index is 13.0. The zero-order valence-electron chi connectivity index (χ0n) is 50.5. The molecule has 3 unspecified atom stereocenters. The quantitative estimate of drug-likeness (QED) is 0.0197. The lowest BCUT2D eigenvalue weighted by atomic mass is 10.1. The van der Waals surface area contributed by atoms with Gasteiger partial charge < -0.3 is 24.2 Å². The molecule has 0 saturated carbocycles. The first-order valence-electron chi connectivity index (χ1n) is 31.4. The predicted molar refractivity (Wildman–Crippen MR) is 334 cm³/mol. The van der Waals surface area contributed by atoms with Crippen LogP contribution in [-0.2, 0) is 42.2 Å². The van der Waals surface area contributed by atoms with Gasteiger partial charge in [-0.15, -0.1) is 0 Å². The minimum absolute atomic E-state index is 0.0917. The van der Waals surface area contributed by atoms with Gasteiger partial charge in [0.1, 0.15) is 12.7 Å². The van der Waals surface area contributed by atoms with Gasteiger partial charge in [0.25, 0.3) is 0 Å². The van der Waals surface area contributed by atoms with Crippen molar-refractivity contribution in [2.75, 3.05) is 26.4 Å². The van der Waals surface area contributed by atoms with Crippen LogP contribution in [0.2, 0.25) is 0 Å². The van der Waals surface area contributed by atoms with Crippen molar-refractivity contribution in [1.82, 2.24) is 0 Å². The summed E-state index contributed by atoms with van der Waals surface area (Å²) in [6, 6.07) is 0. The van der Waals surface area contributed by atoms with Crippen molar-refractivity contribution < 1.29 is 52.2 Å². The summed E-state index contributed by atoms with van der Waals surface area (Å²) < 4.78 is 39.6. The molecule has 2 N–H and O–H groups in total. The summed E-state index contributed by atoms with van der Waals surface area (Å²) in [6.45, 7) is 4.33. The van der Waals surface area contributed by atoms with Gasteiger partial charge in [-0.1, -0.05) is 232 Å². The number of ether oxygens (including phenoxy) is 3. The highest BCUT2D eigenvalue weighted by Gasteiger charge is 2.28. The van der Waals surface area contributed by atoms with E-state index in [0.717, 1.165) is 103 Å². The van der Waals surface area contributed by atoms with Crippen molar-refractivity contribution in [2.45, 2.75) is 264 Å². The molecule has 0 aliphatic carbocycles. The van der Waals surface area contributed by atoms with Crippen LogP contribution in [0.1, 0.15) is 252 Å². The van der Waals surface area contributed by atoms with Crippen LogP contribution < -0.4 is 0 Å². The van der Waals surface area contributed by atoms with E-state index in [1.54, 1.807) is 0 Å². The molecule has 0 fully saturated rings. The van der Waals surface area contributed by atoms with Gasteiger partial charge in [0.05, 0.1) is 19.8 Å². The summed E-state index contributed by atoms with van der Waals surface area (Å²) in [6.07, 6.45) is 75.9. The van der Waals surface area contributed by atoms with Gasteiger partial charge in [-0.2, -0.15) is 0 Å². The summed E-state index contributed by atoms with van der Waals surface area (Å²) in [7, 11) is -4.78. The van der Waals surface area contributed by atoms with Crippen molar-refractivity contribution in [3.05, 3.63) is 122 Å². The van der Waals surface area contributed by atoms with Crippen LogP contribution in [0.3, 0.4) is 0 Å². The molecule has 11 nitrogen and oxygen atoms in total. The number of unbranched alkanes of at least 4 members (excludes halogenated alkanes) is 20. The first-order valence-corrected chi connectivity index (χ1v) is 32.9. The second-order valence-electron chi connectivity index (χ2n) is 20.5. The van der Waals surface area contributed by atoms with Gasteiger partial charge >= 0.3 is 25.7 Å². The Kier molecular flexibility index (Phi) is 57.8. The number of phosphoric acid groups is 1. The zero-order chi connectivity index (χ0) is 58.3. The Hall–Kier alpha value is -4.12. The predicted octanol–water partition coefficient (Wildman–Crippen LogP) is 19.1. The van der Waals surface area contributed by atoms with E-state index in [2.05, 4.69) is 130 Å². The minimum atomic E-state index is -4.78. The fourth-order valence-corrected chi connectivity index (χ4v) is 8.93. The van der Waals surface area contributed by atoms with Gasteiger partial charge in [0.15, 0.2) is 6.10 Å². The van der Waals surface area contributed by atoms with Crippen LogP contribution in [0.15, 0.2) is 122 Å². The molecule has 0 aromatic carbocycles. The number of esters is 3. The topological polar surface area (TPSA) is 155 Å². The van der Waals surface area contributed by atoms with Gasteiger partial charge in [0.2, 0.25) is 0 Å². The van der Waals surface area contributed by atoms with Crippen molar-refractivity contribution >= 4 is 25.7 Å². The number of carbonyl (C=O) groups is 3. The Bertz CT molecular complexity index is 1800. The summed E-state index contributed by atoms with van der Waals surface area (Å²) in [5.74, 6) is -1.56. The van der Waals surface area contributed by atoms with E-state index >= 15 is 0 Å². The van der Waals surface area contributed by atoms with E-state index in [9.17, 15) is 28.9 Å². The number of aliphatic hydroxyl groups is 1. The van der Waals surface area contributed by atoms with Gasteiger partial charge in [-0.3, -0.25) is 23.4 Å². The van der Waals surface area contributed by atoms with Crippen LogP contribution >= 0.6 is 7.82 Å². The fourth-order valence-electron chi connectivity index (χ4n) is 8.14. The van der Waals surface area contributed by atoms with E-state index in [-0.39, 0.29) is 25.9 Å². The maximum Gasteiger partial charge on any atom is 0.472 e. The summed E-state index contributed by atoms with van der Waals surface area (Å²) in [5.41, 5.74) is 0. The van der Waals surface area contributed by atoms with Gasteiger partial charge in [-0.05, 0) is 122 Å². The fraction of sp³-hybridized carbons (Fsp3) is 0.662. The molecule has 0 aliphatic rings. The Balaban J connectivity index is 4.81. The van der Waals surface area contributed by atoms with Crippen molar-refractivity contribution in [2.24, 2.45) is 0 Å². The van der Waals surface area contributed by atoms with E-state index < -0.39 is 57.8 Å². The molecule has 0 radical (unpaired) electrons. The van der Waals surface area contributed by atoms with E-state index in [1.165, 1.54) is 83.5 Å². The van der Waals surface area contributed by atoms with Crippen LogP contribution in [0.5, 0.6) is 0 Å². The molecule has 0 heterocycles. The standard InChI is InChI=1S/C68H113O11P/c1-4-7-10-13-16-19-22-25-28-31-32-35-38-41-44-47-50-53-56-59-68(72)79-65(61-75-66(70)57-54-51-48-45-42-39-36-33-29-26-23-20-17-14-11-8-5-2)63-77-80(73,74)76-62-64(60-69)78-67(71)58-55-52-49-46-43-40-37-34-30-27-24-21-18-15-12-9-6-3/h8-9,11-12,17-18,20-21,25-30,36-37,39-40,46,49,64-65,69H,4-7,10,13-16,19,22-24,31-35,38,41-45,47-48,50-63H2,1-3H3,(H,73,74)/b11-8-,12-9-,20-17-,21-18-,28-25-,29-26-,30-27-,39-36-,40-37-,49-46-. The molecule has 0 amide bonds. The highest BCUT2D eigenvalue weighted by atomic mass is 31.2. The SMILES string of the molecule is CC/C=C\C/C=C\C/C=C\C/C=C\C/C=C\CCCC(=O)OC(CO)COP(=O)(O)OCC(COC(=O)CCCCCC/C=C\C/C=C\C/C=C\C/C=C\CC)OC(=O)CCCCCCCCCCC/C=C\CCCCCCCC. The molecule has 0 spiro atoms.